The third-order valence-electron chi connectivity index (χ3n) is 6.14. The second kappa shape index (κ2) is 11.1. The Hall–Kier alpha value is -5.19. The van der Waals surface area contributed by atoms with Crippen LogP contribution in [0.15, 0.2) is 60.7 Å². The number of hydrogen-bond donors (Lipinski definition) is 5. The van der Waals surface area contributed by atoms with E-state index in [-0.39, 0.29) is 17.9 Å². The van der Waals surface area contributed by atoms with Crippen molar-refractivity contribution in [3.8, 4) is 28.7 Å². The summed E-state index contributed by atoms with van der Waals surface area (Å²) in [4.78, 5) is 37.0. The number of phenols is 4. The fourth-order valence-electron chi connectivity index (χ4n) is 4.27. The van der Waals surface area contributed by atoms with Crippen molar-refractivity contribution >= 4 is 24.0 Å². The van der Waals surface area contributed by atoms with E-state index in [1.54, 1.807) is 18.2 Å². The number of rotatable bonds is 8. The van der Waals surface area contributed by atoms with Crippen LogP contribution in [0.25, 0.3) is 6.08 Å². The van der Waals surface area contributed by atoms with Crippen LogP contribution in [0.5, 0.6) is 28.7 Å². The third-order valence-corrected chi connectivity index (χ3v) is 6.14. The molecule has 11 heteroatoms. The van der Waals surface area contributed by atoms with Gasteiger partial charge in [0.05, 0.1) is 7.11 Å². The Morgan fingerprint density at radius 1 is 0.949 bits per heavy atom. The van der Waals surface area contributed by atoms with Gasteiger partial charge in [0.1, 0.15) is 17.8 Å². The Balaban J connectivity index is 1.58. The summed E-state index contributed by atoms with van der Waals surface area (Å²) >= 11 is 0. The highest BCUT2D eigenvalue weighted by Gasteiger charge is 2.43. The molecule has 0 bridgehead atoms. The average molecular weight is 536 g/mol. The minimum absolute atomic E-state index is 0.261. The van der Waals surface area contributed by atoms with Gasteiger partial charge in [-0.15, -0.1) is 0 Å². The van der Waals surface area contributed by atoms with Crippen LogP contribution >= 0.6 is 0 Å². The number of carbonyl (C=O) groups excluding carboxylic acids is 2. The Kier molecular flexibility index (Phi) is 7.61. The molecule has 11 nitrogen and oxygen atoms in total. The molecule has 5 N–H and O–H groups in total. The monoisotopic (exact) mass is 536 g/mol. The third kappa shape index (κ3) is 5.72. The molecule has 0 saturated heterocycles. The molecule has 0 saturated carbocycles. The first-order valence-corrected chi connectivity index (χ1v) is 11.6. The quantitative estimate of drug-likeness (QED) is 0.162. The number of phenolic OH excluding ortho intramolecular Hbond substituents is 4. The second-order valence-electron chi connectivity index (χ2n) is 8.67. The fourth-order valence-corrected chi connectivity index (χ4v) is 4.27. The molecule has 0 aromatic heterocycles. The van der Waals surface area contributed by atoms with Gasteiger partial charge in [0.2, 0.25) is 6.10 Å². The summed E-state index contributed by atoms with van der Waals surface area (Å²) < 4.78 is 16.1. The second-order valence-corrected chi connectivity index (χ2v) is 8.67. The molecule has 0 amide bonds. The minimum atomic E-state index is -1.58. The summed E-state index contributed by atoms with van der Waals surface area (Å²) in [5.41, 5.74) is 1.52. The molecular weight excluding hydrogens is 512 g/mol. The van der Waals surface area contributed by atoms with Crippen LogP contribution in [0.4, 0.5) is 0 Å². The zero-order valence-corrected chi connectivity index (χ0v) is 20.5. The number of ether oxygens (including phenoxy) is 3. The van der Waals surface area contributed by atoms with Crippen LogP contribution in [0.1, 0.15) is 34.3 Å². The van der Waals surface area contributed by atoms with Crippen molar-refractivity contribution < 1.29 is 54.1 Å². The number of hydrogen-bond acceptors (Lipinski definition) is 10. The van der Waals surface area contributed by atoms with Gasteiger partial charge >= 0.3 is 17.9 Å². The van der Waals surface area contributed by atoms with Crippen molar-refractivity contribution in [2.75, 3.05) is 7.11 Å². The largest absolute Gasteiger partial charge is 0.504 e. The van der Waals surface area contributed by atoms with E-state index in [1.807, 2.05) is 0 Å². The van der Waals surface area contributed by atoms with Gasteiger partial charge in [-0.1, -0.05) is 24.3 Å². The molecule has 1 heterocycles. The molecule has 39 heavy (non-hydrogen) atoms. The van der Waals surface area contributed by atoms with E-state index in [2.05, 4.69) is 0 Å². The van der Waals surface area contributed by atoms with Crippen molar-refractivity contribution in [3.05, 3.63) is 82.9 Å². The maximum Gasteiger partial charge on any atom is 0.345 e. The highest BCUT2D eigenvalue weighted by molar-refractivity contribution is 5.91. The van der Waals surface area contributed by atoms with E-state index in [1.165, 1.54) is 49.6 Å². The molecule has 0 fully saturated rings. The predicted molar refractivity (Wildman–Crippen MR) is 134 cm³/mol. The van der Waals surface area contributed by atoms with Gasteiger partial charge in [-0.25, -0.2) is 9.59 Å². The van der Waals surface area contributed by atoms with E-state index in [0.29, 0.717) is 28.0 Å². The van der Waals surface area contributed by atoms with Crippen molar-refractivity contribution in [3.63, 3.8) is 0 Å². The van der Waals surface area contributed by atoms with Gasteiger partial charge in [0, 0.05) is 18.1 Å². The highest BCUT2D eigenvalue weighted by atomic mass is 16.6. The van der Waals surface area contributed by atoms with Gasteiger partial charge < -0.3 is 39.7 Å². The van der Waals surface area contributed by atoms with Gasteiger partial charge in [-0.3, -0.25) is 4.79 Å². The zero-order valence-electron chi connectivity index (χ0n) is 20.5. The molecule has 3 aromatic carbocycles. The summed E-state index contributed by atoms with van der Waals surface area (Å²) in [6.45, 7) is 0. The lowest BCUT2D eigenvalue weighted by Crippen LogP contribution is -2.28. The SMILES string of the molecule is COC(=O)C1c2c(/C=C/C(=O)OC(Cc3ccc(O)c(O)c3)C(=O)O)cccc2OC1c1ccc(O)c(O)c1. The van der Waals surface area contributed by atoms with Crippen LogP contribution in [0.3, 0.4) is 0 Å². The van der Waals surface area contributed by atoms with E-state index < -0.39 is 47.5 Å². The molecule has 3 atom stereocenters. The predicted octanol–water partition coefficient (Wildman–Crippen LogP) is 3.15. The van der Waals surface area contributed by atoms with Crippen LogP contribution in [-0.4, -0.2) is 56.7 Å². The standard InChI is InChI=1S/C28H24O11/c1-37-28(36)25-24-15(3-2-4-21(24)39-26(25)16-6-9-18(30)20(32)13-16)7-10-23(33)38-22(27(34)35)12-14-5-8-17(29)19(31)11-14/h2-11,13,22,25-26,29-32H,12H2,1H3,(H,34,35)/b10-7+. The Bertz CT molecular complexity index is 1460. The summed E-state index contributed by atoms with van der Waals surface area (Å²) in [6, 6.07) is 12.6. The number of aromatic hydroxyl groups is 4. The first-order chi connectivity index (χ1) is 18.6. The lowest BCUT2D eigenvalue weighted by molar-refractivity contribution is -0.160. The molecule has 1 aliphatic heterocycles. The number of carboxylic acids is 1. The maximum atomic E-state index is 12.8. The molecule has 202 valence electrons. The zero-order chi connectivity index (χ0) is 28.3. The van der Waals surface area contributed by atoms with Crippen molar-refractivity contribution in [2.24, 2.45) is 0 Å². The Morgan fingerprint density at radius 3 is 2.28 bits per heavy atom. The molecule has 4 rings (SSSR count). The first kappa shape index (κ1) is 26.9. The topological polar surface area (TPSA) is 180 Å². The number of esters is 2. The first-order valence-electron chi connectivity index (χ1n) is 11.6. The van der Waals surface area contributed by atoms with Crippen LogP contribution in [-0.2, 0) is 30.3 Å². The minimum Gasteiger partial charge on any atom is -0.504 e. The Morgan fingerprint density at radius 2 is 1.64 bits per heavy atom. The highest BCUT2D eigenvalue weighted by Crippen LogP contribution is 2.49. The molecule has 3 aromatic rings. The number of carboxylic acid groups (broad SMARTS) is 1. The number of benzene rings is 3. The fraction of sp³-hybridized carbons (Fsp3) is 0.179. The normalized spacial score (nSPS) is 16.7. The summed E-state index contributed by atoms with van der Waals surface area (Å²) in [6.07, 6.45) is -0.386. The van der Waals surface area contributed by atoms with Crippen LogP contribution in [0, 0.1) is 0 Å². The Labute approximate surface area is 221 Å². The summed E-state index contributed by atoms with van der Waals surface area (Å²) in [5.74, 6) is -5.24. The van der Waals surface area contributed by atoms with Gasteiger partial charge in [-0.2, -0.15) is 0 Å². The van der Waals surface area contributed by atoms with E-state index in [4.69, 9.17) is 14.2 Å². The molecule has 3 unspecified atom stereocenters. The van der Waals surface area contributed by atoms with E-state index in [9.17, 15) is 39.9 Å². The van der Waals surface area contributed by atoms with Crippen LogP contribution < -0.4 is 4.74 Å². The number of carbonyl (C=O) groups is 3. The number of methoxy groups -OCH3 is 1. The number of fused-ring (bicyclic) bond motifs is 1. The molecule has 1 aliphatic rings. The lowest BCUT2D eigenvalue weighted by atomic mass is 9.88. The smallest absolute Gasteiger partial charge is 0.345 e. The van der Waals surface area contributed by atoms with Crippen molar-refractivity contribution in [2.45, 2.75) is 24.5 Å². The lowest BCUT2D eigenvalue weighted by Gasteiger charge is -2.18. The number of aliphatic carboxylic acids is 1. The van der Waals surface area contributed by atoms with Gasteiger partial charge in [0.25, 0.3) is 0 Å². The maximum absolute atomic E-state index is 12.8. The van der Waals surface area contributed by atoms with Crippen molar-refractivity contribution in [1.82, 2.24) is 0 Å². The molecule has 0 radical (unpaired) electrons. The molecule has 0 spiro atoms. The average Bonchev–Trinajstić information content (AvgIpc) is 3.30. The summed E-state index contributed by atoms with van der Waals surface area (Å²) in [5, 5.41) is 48.2. The molecular formula is C28H24O11. The van der Waals surface area contributed by atoms with Gasteiger partial charge in [-0.05, 0) is 53.1 Å². The van der Waals surface area contributed by atoms with E-state index >= 15 is 0 Å². The van der Waals surface area contributed by atoms with Crippen LogP contribution in [0.2, 0.25) is 0 Å². The summed E-state index contributed by atoms with van der Waals surface area (Å²) in [7, 11) is 1.21. The van der Waals surface area contributed by atoms with Gasteiger partial charge in [0.15, 0.2) is 23.0 Å². The van der Waals surface area contributed by atoms with E-state index in [0.717, 1.165) is 6.08 Å². The molecule has 0 aliphatic carbocycles. The van der Waals surface area contributed by atoms with Crippen molar-refractivity contribution in [1.29, 1.82) is 0 Å².